The Labute approximate surface area is 123 Å². The van der Waals surface area contributed by atoms with Crippen LogP contribution in [-0.4, -0.2) is 11.4 Å². The molecule has 1 atom stereocenters. The van der Waals surface area contributed by atoms with E-state index in [1.807, 2.05) is 44.2 Å². The van der Waals surface area contributed by atoms with Gasteiger partial charge in [0.25, 0.3) is 5.91 Å². The first-order valence-electron chi connectivity index (χ1n) is 6.94. The monoisotopic (exact) mass is 277 g/mol. The number of anilines is 1. The summed E-state index contributed by atoms with van der Waals surface area (Å²) in [5.41, 5.74) is 2.53. The summed E-state index contributed by atoms with van der Waals surface area (Å²) in [6.45, 7) is 6.21. The number of para-hydroxylation sites is 1. The van der Waals surface area contributed by atoms with Crippen molar-refractivity contribution in [3.05, 3.63) is 34.9 Å². The van der Waals surface area contributed by atoms with E-state index in [0.717, 1.165) is 23.2 Å². The highest BCUT2D eigenvalue weighted by atomic mass is 16.2. The number of allylic oxidation sites excluding steroid dienone is 1. The molecule has 0 unspecified atom stereocenters. The summed E-state index contributed by atoms with van der Waals surface area (Å²) < 4.78 is 0. The van der Waals surface area contributed by atoms with E-state index in [9.17, 15) is 4.79 Å². The number of rotatable bonds is 0. The standard InChI is InChI=1S/C17H15N3O/c1-10-7-17(2,3)20-15-12(10)5-4-6-13(15)14(16(20)21)11(8-18)9-19/h4-6,10H,7H2,1-3H3/t10-/m0/s1. The van der Waals surface area contributed by atoms with Crippen LogP contribution in [-0.2, 0) is 4.79 Å². The largest absolute Gasteiger partial charge is 0.302 e. The van der Waals surface area contributed by atoms with Gasteiger partial charge < -0.3 is 4.90 Å². The fourth-order valence-corrected chi connectivity index (χ4v) is 3.65. The van der Waals surface area contributed by atoms with Gasteiger partial charge in [-0.1, -0.05) is 25.1 Å². The molecule has 1 amide bonds. The highest BCUT2D eigenvalue weighted by Crippen LogP contribution is 2.51. The van der Waals surface area contributed by atoms with E-state index in [-0.39, 0.29) is 22.6 Å². The first-order chi connectivity index (χ1) is 9.92. The molecule has 2 aliphatic rings. The number of amides is 1. The minimum absolute atomic E-state index is 0.105. The zero-order valence-corrected chi connectivity index (χ0v) is 12.3. The van der Waals surface area contributed by atoms with Crippen molar-refractivity contribution in [1.82, 2.24) is 0 Å². The number of carbonyl (C=O) groups excluding carboxylic acids is 1. The highest BCUT2D eigenvalue weighted by Gasteiger charge is 2.47. The first kappa shape index (κ1) is 13.4. The molecular weight excluding hydrogens is 262 g/mol. The van der Waals surface area contributed by atoms with E-state index < -0.39 is 0 Å². The second-order valence-electron chi connectivity index (χ2n) is 6.28. The molecule has 1 aromatic carbocycles. The second-order valence-corrected chi connectivity index (χ2v) is 6.28. The van der Waals surface area contributed by atoms with Crippen LogP contribution < -0.4 is 4.90 Å². The van der Waals surface area contributed by atoms with Crippen molar-refractivity contribution in [2.24, 2.45) is 0 Å². The summed E-state index contributed by atoms with van der Waals surface area (Å²) in [6, 6.07) is 9.47. The van der Waals surface area contributed by atoms with Gasteiger partial charge in [-0.3, -0.25) is 4.79 Å². The number of benzene rings is 1. The third-order valence-electron chi connectivity index (χ3n) is 4.39. The first-order valence-corrected chi connectivity index (χ1v) is 6.94. The van der Waals surface area contributed by atoms with Crippen molar-refractivity contribution in [3.8, 4) is 12.1 Å². The molecule has 0 spiro atoms. The van der Waals surface area contributed by atoms with Crippen LogP contribution in [0.4, 0.5) is 5.69 Å². The zero-order valence-electron chi connectivity index (χ0n) is 12.3. The Hall–Kier alpha value is -2.59. The third kappa shape index (κ3) is 1.63. The molecule has 21 heavy (non-hydrogen) atoms. The summed E-state index contributed by atoms with van der Waals surface area (Å²) in [7, 11) is 0. The van der Waals surface area contributed by atoms with E-state index in [1.54, 1.807) is 4.90 Å². The molecule has 0 fully saturated rings. The molecule has 0 radical (unpaired) electrons. The van der Waals surface area contributed by atoms with Gasteiger partial charge in [-0.2, -0.15) is 10.5 Å². The Balaban J connectivity index is 2.40. The molecule has 2 heterocycles. The van der Waals surface area contributed by atoms with Crippen molar-refractivity contribution in [2.45, 2.75) is 38.6 Å². The Bertz CT molecular complexity index is 758. The number of nitrogens with zero attached hydrogens (tertiary/aromatic N) is 3. The number of hydrogen-bond acceptors (Lipinski definition) is 3. The van der Waals surface area contributed by atoms with Gasteiger partial charge in [0.15, 0.2) is 0 Å². The highest BCUT2D eigenvalue weighted by molar-refractivity contribution is 6.35. The van der Waals surface area contributed by atoms with E-state index in [1.165, 1.54) is 0 Å². The molecule has 0 saturated heterocycles. The molecule has 3 rings (SSSR count). The molecule has 4 heteroatoms. The van der Waals surface area contributed by atoms with Crippen molar-refractivity contribution in [2.75, 3.05) is 4.90 Å². The maximum atomic E-state index is 12.8. The summed E-state index contributed by atoms with van der Waals surface area (Å²) in [6.07, 6.45) is 0.858. The van der Waals surface area contributed by atoms with Crippen LogP contribution in [0.25, 0.3) is 5.57 Å². The zero-order chi connectivity index (χ0) is 15.4. The second kappa shape index (κ2) is 4.20. The van der Waals surface area contributed by atoms with Crippen LogP contribution in [0.3, 0.4) is 0 Å². The minimum atomic E-state index is -0.322. The lowest BCUT2D eigenvalue weighted by molar-refractivity contribution is -0.114. The third-order valence-corrected chi connectivity index (χ3v) is 4.39. The van der Waals surface area contributed by atoms with Gasteiger partial charge >= 0.3 is 0 Å². The molecule has 4 nitrogen and oxygen atoms in total. The molecular formula is C17H15N3O. The van der Waals surface area contributed by atoms with Crippen molar-refractivity contribution < 1.29 is 4.79 Å². The summed E-state index contributed by atoms with van der Waals surface area (Å²) in [5, 5.41) is 18.3. The van der Waals surface area contributed by atoms with Gasteiger partial charge in [0.1, 0.15) is 17.7 Å². The van der Waals surface area contributed by atoms with Crippen LogP contribution in [0.15, 0.2) is 23.8 Å². The van der Waals surface area contributed by atoms with Gasteiger partial charge in [-0.15, -0.1) is 0 Å². The van der Waals surface area contributed by atoms with Crippen LogP contribution in [0, 0.1) is 22.7 Å². The minimum Gasteiger partial charge on any atom is -0.302 e. The van der Waals surface area contributed by atoms with E-state index in [2.05, 4.69) is 6.92 Å². The SMILES string of the molecule is C[C@H]1CC(C)(C)N2C(=O)C(=C(C#N)C#N)c3cccc1c32. The Morgan fingerprint density at radius 2 is 2.00 bits per heavy atom. The van der Waals surface area contributed by atoms with Gasteiger partial charge in [0.05, 0.1) is 11.3 Å². The van der Waals surface area contributed by atoms with Crippen LogP contribution in [0.2, 0.25) is 0 Å². The fourth-order valence-electron chi connectivity index (χ4n) is 3.65. The lowest BCUT2D eigenvalue weighted by Gasteiger charge is -2.43. The average Bonchev–Trinajstić information content (AvgIpc) is 2.72. The van der Waals surface area contributed by atoms with Crippen LogP contribution >= 0.6 is 0 Å². The van der Waals surface area contributed by atoms with Crippen molar-refractivity contribution >= 4 is 17.2 Å². The van der Waals surface area contributed by atoms with Crippen LogP contribution in [0.5, 0.6) is 0 Å². The summed E-state index contributed by atoms with van der Waals surface area (Å²) in [4.78, 5) is 14.6. The lowest BCUT2D eigenvalue weighted by Crippen LogP contribution is -2.49. The number of hydrogen-bond donors (Lipinski definition) is 0. The normalized spacial score (nSPS) is 21.6. The van der Waals surface area contributed by atoms with Gasteiger partial charge in [0, 0.05) is 11.1 Å². The number of nitriles is 2. The fraction of sp³-hybridized carbons (Fsp3) is 0.353. The average molecular weight is 277 g/mol. The Kier molecular flexibility index (Phi) is 2.68. The number of carbonyl (C=O) groups is 1. The molecule has 104 valence electrons. The molecule has 2 aliphatic heterocycles. The predicted octanol–water partition coefficient (Wildman–Crippen LogP) is 3.12. The molecule has 0 bridgehead atoms. The van der Waals surface area contributed by atoms with E-state index in [0.29, 0.717) is 5.92 Å². The lowest BCUT2D eigenvalue weighted by atomic mass is 9.80. The molecule has 0 aliphatic carbocycles. The Morgan fingerprint density at radius 1 is 1.33 bits per heavy atom. The van der Waals surface area contributed by atoms with Gasteiger partial charge in [0.2, 0.25) is 0 Å². The molecule has 0 N–H and O–H groups in total. The maximum absolute atomic E-state index is 12.8. The quantitative estimate of drug-likeness (QED) is 0.540. The van der Waals surface area contributed by atoms with Gasteiger partial charge in [-0.05, 0) is 31.7 Å². The molecule has 0 saturated carbocycles. The van der Waals surface area contributed by atoms with E-state index >= 15 is 0 Å². The smallest absolute Gasteiger partial charge is 0.261 e. The molecule has 1 aromatic rings. The van der Waals surface area contributed by atoms with Gasteiger partial charge in [-0.25, -0.2) is 0 Å². The van der Waals surface area contributed by atoms with E-state index in [4.69, 9.17) is 10.5 Å². The summed E-state index contributed by atoms with van der Waals surface area (Å²) in [5.74, 6) is 0.110. The topological polar surface area (TPSA) is 67.9 Å². The summed E-state index contributed by atoms with van der Waals surface area (Å²) >= 11 is 0. The van der Waals surface area contributed by atoms with Crippen LogP contribution in [0.1, 0.15) is 44.2 Å². The van der Waals surface area contributed by atoms with Crippen molar-refractivity contribution in [3.63, 3.8) is 0 Å². The maximum Gasteiger partial charge on any atom is 0.261 e. The Morgan fingerprint density at radius 3 is 2.62 bits per heavy atom. The molecule has 0 aromatic heterocycles. The van der Waals surface area contributed by atoms with Crippen molar-refractivity contribution in [1.29, 1.82) is 10.5 Å². The predicted molar refractivity (Wildman–Crippen MR) is 79.2 cm³/mol.